The van der Waals surface area contributed by atoms with E-state index in [0.29, 0.717) is 0 Å². The molecule has 0 aliphatic carbocycles. The van der Waals surface area contributed by atoms with Crippen LogP contribution in [0.1, 0.15) is 26.3 Å². The first-order valence-electron chi connectivity index (χ1n) is 6.61. The molecule has 1 aliphatic heterocycles. The topological polar surface area (TPSA) is 118 Å². The number of anilines is 1. The second kappa shape index (κ2) is 5.18. The first kappa shape index (κ1) is 15.2. The maximum atomic E-state index is 12.4. The molecule has 0 aromatic heterocycles. The minimum atomic E-state index is -4.46. The lowest BCUT2D eigenvalue weighted by atomic mass is 10.1. The molecule has 3 rings (SSSR count). The number of imide groups is 1. The van der Waals surface area contributed by atoms with Gasteiger partial charge < -0.3 is 5.73 Å². The first-order chi connectivity index (χ1) is 10.8. The van der Waals surface area contributed by atoms with Crippen molar-refractivity contribution in [2.75, 3.05) is 5.73 Å². The molecule has 0 spiro atoms. The van der Waals surface area contributed by atoms with E-state index >= 15 is 0 Å². The average Bonchev–Trinajstić information content (AvgIpc) is 2.73. The number of carbonyl (C=O) groups excluding carboxylic acids is 2. The summed E-state index contributed by atoms with van der Waals surface area (Å²) in [6.45, 7) is -0.276. The van der Waals surface area contributed by atoms with E-state index in [4.69, 9.17) is 5.73 Å². The predicted molar refractivity (Wildman–Crippen MR) is 81.3 cm³/mol. The minimum absolute atomic E-state index is 0.113. The van der Waals surface area contributed by atoms with Gasteiger partial charge in [0.15, 0.2) is 0 Å². The summed E-state index contributed by atoms with van der Waals surface area (Å²) in [6, 6.07) is 10.2. The van der Waals surface area contributed by atoms with Gasteiger partial charge in [-0.1, -0.05) is 24.3 Å². The van der Waals surface area contributed by atoms with E-state index in [-0.39, 0.29) is 33.8 Å². The third-order valence-corrected chi connectivity index (χ3v) is 4.56. The van der Waals surface area contributed by atoms with Crippen LogP contribution in [-0.2, 0) is 16.7 Å². The number of benzene rings is 2. The molecule has 0 saturated carbocycles. The zero-order valence-corrected chi connectivity index (χ0v) is 12.6. The third-order valence-electron chi connectivity index (χ3n) is 3.61. The molecule has 2 aromatic rings. The van der Waals surface area contributed by atoms with Gasteiger partial charge in [-0.2, -0.15) is 8.42 Å². The van der Waals surface area contributed by atoms with E-state index in [2.05, 4.69) is 0 Å². The van der Waals surface area contributed by atoms with Crippen molar-refractivity contribution in [1.82, 2.24) is 4.90 Å². The summed E-state index contributed by atoms with van der Waals surface area (Å²) >= 11 is 0. The molecule has 3 N–H and O–H groups in total. The molecule has 1 heterocycles. The van der Waals surface area contributed by atoms with Crippen LogP contribution in [0.2, 0.25) is 0 Å². The first-order valence-corrected chi connectivity index (χ1v) is 8.05. The van der Waals surface area contributed by atoms with Gasteiger partial charge in [0.25, 0.3) is 21.9 Å². The summed E-state index contributed by atoms with van der Waals surface area (Å²) in [7, 11) is -4.46. The second-order valence-electron chi connectivity index (χ2n) is 5.05. The van der Waals surface area contributed by atoms with Crippen LogP contribution >= 0.6 is 0 Å². The Kier molecular flexibility index (Phi) is 3.42. The van der Waals surface area contributed by atoms with Gasteiger partial charge in [0.2, 0.25) is 0 Å². The summed E-state index contributed by atoms with van der Waals surface area (Å²) in [6.07, 6.45) is 0. The lowest BCUT2D eigenvalue weighted by Gasteiger charge is -2.15. The van der Waals surface area contributed by atoms with Crippen molar-refractivity contribution < 1.29 is 22.6 Å². The van der Waals surface area contributed by atoms with E-state index in [1.54, 1.807) is 12.1 Å². The summed E-state index contributed by atoms with van der Waals surface area (Å²) in [4.78, 5) is 25.3. The van der Waals surface area contributed by atoms with Gasteiger partial charge >= 0.3 is 0 Å². The number of hydrogen-bond acceptors (Lipinski definition) is 5. The van der Waals surface area contributed by atoms with Crippen LogP contribution in [0.25, 0.3) is 0 Å². The molecule has 0 radical (unpaired) electrons. The fourth-order valence-corrected chi connectivity index (χ4v) is 3.27. The van der Waals surface area contributed by atoms with E-state index in [0.717, 1.165) is 4.90 Å². The van der Waals surface area contributed by atoms with Crippen molar-refractivity contribution in [2.45, 2.75) is 11.4 Å². The average molecular weight is 332 g/mol. The Balaban J connectivity index is 2.03. The van der Waals surface area contributed by atoms with E-state index in [9.17, 15) is 22.6 Å². The van der Waals surface area contributed by atoms with Crippen LogP contribution in [0.15, 0.2) is 47.4 Å². The fourth-order valence-electron chi connectivity index (χ4n) is 2.56. The fraction of sp³-hybridized carbons (Fsp3) is 0.0667. The van der Waals surface area contributed by atoms with Crippen LogP contribution in [0.4, 0.5) is 5.69 Å². The van der Waals surface area contributed by atoms with E-state index in [1.807, 2.05) is 0 Å². The molecule has 23 heavy (non-hydrogen) atoms. The molecule has 0 fully saturated rings. The van der Waals surface area contributed by atoms with Gasteiger partial charge in [0, 0.05) is 5.69 Å². The molecule has 0 atom stereocenters. The molecule has 7 nitrogen and oxygen atoms in total. The van der Waals surface area contributed by atoms with Crippen molar-refractivity contribution in [3.8, 4) is 0 Å². The number of nitrogen functional groups attached to an aromatic ring is 1. The number of nitrogens with zero attached hydrogens (tertiary/aromatic N) is 1. The van der Waals surface area contributed by atoms with Gasteiger partial charge in [-0.25, -0.2) is 0 Å². The highest BCUT2D eigenvalue weighted by molar-refractivity contribution is 7.85. The van der Waals surface area contributed by atoms with Crippen molar-refractivity contribution in [2.24, 2.45) is 0 Å². The lowest BCUT2D eigenvalue weighted by molar-refractivity contribution is 0.0641. The Hall–Kier alpha value is -2.71. The smallest absolute Gasteiger partial charge is 0.294 e. The molecule has 2 amide bonds. The van der Waals surface area contributed by atoms with Gasteiger partial charge in [-0.3, -0.25) is 19.0 Å². The highest BCUT2D eigenvalue weighted by atomic mass is 32.2. The van der Waals surface area contributed by atoms with Gasteiger partial charge in [-0.05, 0) is 23.8 Å². The van der Waals surface area contributed by atoms with Crippen molar-refractivity contribution in [3.05, 3.63) is 59.2 Å². The predicted octanol–water partition coefficient (Wildman–Crippen LogP) is 1.31. The molecule has 8 heteroatoms. The van der Waals surface area contributed by atoms with E-state index in [1.165, 1.54) is 30.3 Å². The van der Waals surface area contributed by atoms with Gasteiger partial charge in [0.1, 0.15) is 0 Å². The van der Waals surface area contributed by atoms with E-state index < -0.39 is 21.9 Å². The number of rotatable bonds is 3. The normalized spacial score (nSPS) is 14.2. The molecule has 118 valence electrons. The SMILES string of the molecule is Nc1cccc2c1C(=O)N(Cc1ccccc1S(=O)(=O)O)C2=O. The molecule has 0 unspecified atom stereocenters. The number of amides is 2. The van der Waals surface area contributed by atoms with Crippen molar-refractivity contribution in [1.29, 1.82) is 0 Å². The number of hydrogen-bond donors (Lipinski definition) is 2. The number of fused-ring (bicyclic) bond motifs is 1. The minimum Gasteiger partial charge on any atom is -0.398 e. The Morgan fingerprint density at radius 2 is 1.70 bits per heavy atom. The lowest BCUT2D eigenvalue weighted by Crippen LogP contribution is -2.29. The molecule has 1 aliphatic rings. The highest BCUT2D eigenvalue weighted by Gasteiger charge is 2.37. The van der Waals surface area contributed by atoms with Crippen LogP contribution in [0.3, 0.4) is 0 Å². The zero-order chi connectivity index (χ0) is 16.8. The zero-order valence-electron chi connectivity index (χ0n) is 11.8. The standard InChI is InChI=1S/C15H12N2O5S/c16-11-6-3-5-10-13(11)15(19)17(14(10)18)8-9-4-1-2-7-12(9)23(20,21)22/h1-7H,8,16H2,(H,20,21,22). The highest BCUT2D eigenvalue weighted by Crippen LogP contribution is 2.29. The van der Waals surface area contributed by atoms with Crippen LogP contribution in [0.5, 0.6) is 0 Å². The number of carbonyl (C=O) groups is 2. The van der Waals surface area contributed by atoms with Crippen LogP contribution in [-0.4, -0.2) is 29.7 Å². The molecule has 2 aromatic carbocycles. The van der Waals surface area contributed by atoms with Crippen LogP contribution in [0, 0.1) is 0 Å². The molecular weight excluding hydrogens is 320 g/mol. The molecule has 0 saturated heterocycles. The largest absolute Gasteiger partial charge is 0.398 e. The maximum Gasteiger partial charge on any atom is 0.294 e. The summed E-state index contributed by atoms with van der Waals surface area (Å²) < 4.78 is 32.1. The Morgan fingerprint density at radius 3 is 2.35 bits per heavy atom. The second-order valence-corrected chi connectivity index (χ2v) is 6.44. The Bertz CT molecular complexity index is 937. The third kappa shape index (κ3) is 2.47. The summed E-state index contributed by atoms with van der Waals surface area (Å²) in [5.41, 5.74) is 6.36. The van der Waals surface area contributed by atoms with Gasteiger partial charge in [0.05, 0.1) is 22.6 Å². The Labute approximate surface area is 132 Å². The van der Waals surface area contributed by atoms with Gasteiger partial charge in [-0.15, -0.1) is 0 Å². The maximum absolute atomic E-state index is 12.4. The Morgan fingerprint density at radius 1 is 1.00 bits per heavy atom. The van der Waals surface area contributed by atoms with Crippen molar-refractivity contribution in [3.63, 3.8) is 0 Å². The molecular formula is C15H12N2O5S. The summed E-state index contributed by atoms with van der Waals surface area (Å²) in [5.74, 6) is -1.14. The monoisotopic (exact) mass is 332 g/mol. The van der Waals surface area contributed by atoms with Crippen LogP contribution < -0.4 is 5.73 Å². The molecule has 0 bridgehead atoms. The number of nitrogens with two attached hydrogens (primary N) is 1. The van der Waals surface area contributed by atoms with Crippen molar-refractivity contribution >= 4 is 27.6 Å². The quantitative estimate of drug-likeness (QED) is 0.497. The summed E-state index contributed by atoms with van der Waals surface area (Å²) in [5, 5.41) is 0.